The summed E-state index contributed by atoms with van der Waals surface area (Å²) >= 11 is 0. The zero-order chi connectivity index (χ0) is 20.1. The molecule has 0 aliphatic carbocycles. The minimum Gasteiger partial charge on any atom is -0.369 e. The van der Waals surface area contributed by atoms with Crippen LogP contribution in [0, 0.1) is 17.5 Å². The van der Waals surface area contributed by atoms with Gasteiger partial charge in [-0.25, -0.2) is 13.2 Å². The fourth-order valence-electron chi connectivity index (χ4n) is 3.56. The maximum atomic E-state index is 14.7. The highest BCUT2D eigenvalue weighted by Crippen LogP contribution is 2.36. The fourth-order valence-corrected chi connectivity index (χ4v) is 3.56. The van der Waals surface area contributed by atoms with Gasteiger partial charge < -0.3 is 20.0 Å². The molecule has 2 aromatic carbocycles. The Kier molecular flexibility index (Phi) is 6.80. The Morgan fingerprint density at radius 2 is 1.79 bits per heavy atom. The Bertz CT molecular complexity index is 791. The first-order valence-corrected chi connectivity index (χ1v) is 9.59. The first-order chi connectivity index (χ1) is 13.5. The van der Waals surface area contributed by atoms with Crippen LogP contribution in [-0.4, -0.2) is 58.3 Å². The predicted molar refractivity (Wildman–Crippen MR) is 108 cm³/mol. The molecule has 28 heavy (non-hydrogen) atoms. The summed E-state index contributed by atoms with van der Waals surface area (Å²) in [6, 6.07) is 8.14. The first-order valence-electron chi connectivity index (χ1n) is 9.59. The van der Waals surface area contributed by atoms with Gasteiger partial charge in [0.25, 0.3) is 0 Å². The molecule has 4 nitrogen and oxygen atoms in total. The maximum Gasteiger partial charge on any atom is 0.149 e. The fraction of sp³-hybridized carbons (Fsp3) is 0.429. The molecule has 1 aliphatic heterocycles. The Morgan fingerprint density at radius 1 is 0.964 bits per heavy atom. The number of halogens is 3. The van der Waals surface area contributed by atoms with Gasteiger partial charge in [-0.3, -0.25) is 0 Å². The molecule has 1 fully saturated rings. The van der Waals surface area contributed by atoms with Crippen LogP contribution in [0.5, 0.6) is 0 Å². The van der Waals surface area contributed by atoms with Gasteiger partial charge in [-0.05, 0) is 43.8 Å². The normalized spacial score (nSPS) is 15.3. The van der Waals surface area contributed by atoms with E-state index in [1.807, 2.05) is 11.9 Å². The third-order valence-corrected chi connectivity index (χ3v) is 5.16. The Hall–Kier alpha value is -2.25. The van der Waals surface area contributed by atoms with E-state index < -0.39 is 11.6 Å². The van der Waals surface area contributed by atoms with Gasteiger partial charge in [0.05, 0.1) is 17.1 Å². The number of likely N-dealkylation sites (N-methyl/N-ethyl adjacent to an activating group) is 1. The summed E-state index contributed by atoms with van der Waals surface area (Å²) in [6.45, 7) is 5.44. The molecular weight excluding hydrogens is 365 g/mol. The molecule has 1 aliphatic rings. The van der Waals surface area contributed by atoms with Crippen molar-refractivity contribution < 1.29 is 13.2 Å². The lowest BCUT2D eigenvalue weighted by Crippen LogP contribution is -2.36. The van der Waals surface area contributed by atoms with Crippen LogP contribution < -0.4 is 15.1 Å². The molecule has 152 valence electrons. The smallest absolute Gasteiger partial charge is 0.149 e. The third-order valence-electron chi connectivity index (χ3n) is 5.16. The van der Waals surface area contributed by atoms with Gasteiger partial charge in [-0.15, -0.1) is 0 Å². The van der Waals surface area contributed by atoms with Crippen molar-refractivity contribution in [2.75, 3.05) is 63.2 Å². The third kappa shape index (κ3) is 4.77. The SMILES string of the molecule is CN(CCN1CCCNCC1)c1c(F)cccc1N(C)c1ccc(F)cc1F. The second-order valence-corrected chi connectivity index (χ2v) is 7.13. The van der Waals surface area contributed by atoms with Crippen molar-refractivity contribution >= 4 is 17.1 Å². The number of para-hydroxylation sites is 1. The van der Waals surface area contributed by atoms with Crippen molar-refractivity contribution in [3.05, 3.63) is 53.8 Å². The zero-order valence-corrected chi connectivity index (χ0v) is 16.4. The molecule has 0 bridgehead atoms. The van der Waals surface area contributed by atoms with Crippen molar-refractivity contribution in [2.45, 2.75) is 6.42 Å². The standard InChI is InChI=1S/C21H27F3N4/c1-26(13-14-28-11-4-9-25-10-12-28)21-17(23)5-3-6-20(21)27(2)19-8-7-16(22)15-18(19)24/h3,5-8,15,25H,4,9-14H2,1-2H3. The lowest BCUT2D eigenvalue weighted by atomic mass is 10.2. The van der Waals surface area contributed by atoms with Crippen molar-refractivity contribution in [3.8, 4) is 0 Å². The lowest BCUT2D eigenvalue weighted by molar-refractivity contribution is 0.299. The molecule has 0 unspecified atom stereocenters. The van der Waals surface area contributed by atoms with Crippen molar-refractivity contribution in [2.24, 2.45) is 0 Å². The maximum absolute atomic E-state index is 14.7. The van der Waals surface area contributed by atoms with Crippen LogP contribution in [0.2, 0.25) is 0 Å². The monoisotopic (exact) mass is 392 g/mol. The lowest BCUT2D eigenvalue weighted by Gasteiger charge is -2.30. The summed E-state index contributed by atoms with van der Waals surface area (Å²) in [7, 11) is 3.50. The van der Waals surface area contributed by atoms with E-state index in [0.717, 1.165) is 45.2 Å². The van der Waals surface area contributed by atoms with E-state index in [0.29, 0.717) is 17.9 Å². The van der Waals surface area contributed by atoms with Gasteiger partial charge in [0.2, 0.25) is 0 Å². The van der Waals surface area contributed by atoms with E-state index in [9.17, 15) is 13.2 Å². The quantitative estimate of drug-likeness (QED) is 0.811. The molecule has 3 rings (SSSR count). The molecule has 2 aromatic rings. The Balaban J connectivity index is 1.80. The number of hydrogen-bond acceptors (Lipinski definition) is 4. The number of benzene rings is 2. The molecule has 1 saturated heterocycles. The summed E-state index contributed by atoms with van der Waals surface area (Å²) in [6.07, 6.45) is 1.10. The van der Waals surface area contributed by atoms with Crippen LogP contribution in [0.15, 0.2) is 36.4 Å². The minimum atomic E-state index is -0.683. The van der Waals surface area contributed by atoms with Crippen LogP contribution >= 0.6 is 0 Å². The summed E-state index contributed by atoms with van der Waals surface area (Å²) in [5.74, 6) is -1.69. The van der Waals surface area contributed by atoms with E-state index in [1.54, 1.807) is 24.1 Å². The Labute approximate surface area is 164 Å². The molecule has 0 saturated carbocycles. The molecule has 1 heterocycles. The molecule has 1 N–H and O–H groups in total. The molecule has 0 spiro atoms. The van der Waals surface area contributed by atoms with E-state index >= 15 is 0 Å². The summed E-state index contributed by atoms with van der Waals surface area (Å²) in [4.78, 5) is 5.78. The van der Waals surface area contributed by atoms with Gasteiger partial charge in [0, 0.05) is 46.3 Å². The van der Waals surface area contributed by atoms with Crippen molar-refractivity contribution in [1.82, 2.24) is 10.2 Å². The van der Waals surface area contributed by atoms with E-state index in [1.165, 1.54) is 18.2 Å². The highest BCUT2D eigenvalue weighted by Gasteiger charge is 2.20. The van der Waals surface area contributed by atoms with Crippen LogP contribution in [0.4, 0.5) is 30.2 Å². The average Bonchev–Trinajstić information content (AvgIpc) is 2.94. The number of nitrogens with zero attached hydrogens (tertiary/aromatic N) is 3. The van der Waals surface area contributed by atoms with Crippen molar-refractivity contribution in [3.63, 3.8) is 0 Å². The summed E-state index contributed by atoms with van der Waals surface area (Å²) in [5, 5.41) is 3.37. The van der Waals surface area contributed by atoms with Crippen LogP contribution in [0.25, 0.3) is 0 Å². The second kappa shape index (κ2) is 9.30. The van der Waals surface area contributed by atoms with Crippen LogP contribution in [0.1, 0.15) is 6.42 Å². The van der Waals surface area contributed by atoms with E-state index in [2.05, 4.69) is 10.2 Å². The van der Waals surface area contributed by atoms with Gasteiger partial charge in [0.1, 0.15) is 17.5 Å². The summed E-state index contributed by atoms with van der Waals surface area (Å²) in [5.41, 5.74) is 1.13. The molecular formula is C21H27F3N4. The number of rotatable bonds is 6. The number of hydrogen-bond donors (Lipinski definition) is 1. The highest BCUT2D eigenvalue weighted by atomic mass is 19.1. The van der Waals surface area contributed by atoms with Gasteiger partial charge >= 0.3 is 0 Å². The van der Waals surface area contributed by atoms with Crippen LogP contribution in [0.3, 0.4) is 0 Å². The number of nitrogens with one attached hydrogen (secondary N) is 1. The predicted octanol–water partition coefficient (Wildman–Crippen LogP) is 3.60. The van der Waals surface area contributed by atoms with Gasteiger partial charge in [-0.2, -0.15) is 0 Å². The van der Waals surface area contributed by atoms with Crippen molar-refractivity contribution in [1.29, 1.82) is 0 Å². The molecule has 0 aromatic heterocycles. The molecule has 7 heteroatoms. The number of anilines is 3. The van der Waals surface area contributed by atoms with E-state index in [-0.39, 0.29) is 11.5 Å². The average molecular weight is 392 g/mol. The second-order valence-electron chi connectivity index (χ2n) is 7.13. The minimum absolute atomic E-state index is 0.195. The van der Waals surface area contributed by atoms with Crippen LogP contribution in [-0.2, 0) is 0 Å². The first kappa shape index (κ1) is 20.5. The Morgan fingerprint density at radius 3 is 2.57 bits per heavy atom. The zero-order valence-electron chi connectivity index (χ0n) is 16.4. The van der Waals surface area contributed by atoms with E-state index in [4.69, 9.17) is 0 Å². The largest absolute Gasteiger partial charge is 0.369 e. The topological polar surface area (TPSA) is 21.8 Å². The molecule has 0 radical (unpaired) electrons. The van der Waals surface area contributed by atoms with Gasteiger partial charge in [0.15, 0.2) is 0 Å². The molecule has 0 atom stereocenters. The van der Waals surface area contributed by atoms with Gasteiger partial charge in [-0.1, -0.05) is 6.07 Å². The summed E-state index contributed by atoms with van der Waals surface area (Å²) < 4.78 is 42.2. The highest BCUT2D eigenvalue weighted by molar-refractivity contribution is 5.77. The molecule has 0 amide bonds.